The monoisotopic (exact) mass is 249 g/mol. The molecule has 3 rings (SSSR count). The quantitative estimate of drug-likeness (QED) is 0.777. The highest BCUT2D eigenvalue weighted by atomic mass is 35.5. The van der Waals surface area contributed by atoms with Gasteiger partial charge in [0.05, 0.1) is 17.1 Å². The third kappa shape index (κ3) is 1.82. The minimum absolute atomic E-state index is 0.0661. The van der Waals surface area contributed by atoms with Crippen LogP contribution in [0, 0.1) is 5.92 Å². The van der Waals surface area contributed by atoms with Gasteiger partial charge >= 0.3 is 0 Å². The van der Waals surface area contributed by atoms with Crippen LogP contribution in [0.15, 0.2) is 18.5 Å². The summed E-state index contributed by atoms with van der Waals surface area (Å²) in [5.41, 5.74) is 2.10. The van der Waals surface area contributed by atoms with Gasteiger partial charge in [0.15, 0.2) is 0 Å². The number of fused-ring (bicyclic) bond motifs is 1. The van der Waals surface area contributed by atoms with Crippen molar-refractivity contribution in [1.82, 2.24) is 14.5 Å². The number of rotatable bonds is 3. The Morgan fingerprint density at radius 1 is 1.41 bits per heavy atom. The van der Waals surface area contributed by atoms with Gasteiger partial charge in [-0.2, -0.15) is 0 Å². The molecule has 0 N–H and O–H groups in total. The number of halogens is 1. The summed E-state index contributed by atoms with van der Waals surface area (Å²) in [5.74, 6) is 1.75. The lowest BCUT2D eigenvalue weighted by Crippen LogP contribution is -2.11. The Morgan fingerprint density at radius 3 is 2.82 bits per heavy atom. The third-order valence-corrected chi connectivity index (χ3v) is 3.78. The summed E-state index contributed by atoms with van der Waals surface area (Å²) in [6, 6.07) is 2.52. The van der Waals surface area contributed by atoms with E-state index in [0.717, 1.165) is 22.8 Å². The van der Waals surface area contributed by atoms with Crippen molar-refractivity contribution < 1.29 is 0 Å². The number of hydrogen-bond donors (Lipinski definition) is 0. The highest BCUT2D eigenvalue weighted by Crippen LogP contribution is 2.42. The fraction of sp³-hybridized carbons (Fsp3) is 0.538. The van der Waals surface area contributed by atoms with Crippen LogP contribution >= 0.6 is 11.6 Å². The summed E-state index contributed by atoms with van der Waals surface area (Å²) in [7, 11) is 0. The molecule has 2 heterocycles. The molecule has 1 aliphatic carbocycles. The van der Waals surface area contributed by atoms with E-state index in [1.54, 1.807) is 0 Å². The van der Waals surface area contributed by atoms with E-state index >= 15 is 0 Å². The van der Waals surface area contributed by atoms with Crippen LogP contribution in [-0.2, 0) is 0 Å². The first-order valence-electron chi connectivity index (χ1n) is 6.14. The smallest absolute Gasteiger partial charge is 0.128 e. The lowest BCUT2D eigenvalue weighted by Gasteiger charge is -2.17. The molecular weight excluding hydrogens is 234 g/mol. The Labute approximate surface area is 106 Å². The maximum atomic E-state index is 6.25. The minimum atomic E-state index is -0.0661. The van der Waals surface area contributed by atoms with Crippen molar-refractivity contribution in [2.45, 2.75) is 38.1 Å². The van der Waals surface area contributed by atoms with E-state index in [2.05, 4.69) is 21.5 Å². The zero-order valence-corrected chi connectivity index (χ0v) is 10.9. The average molecular weight is 250 g/mol. The van der Waals surface area contributed by atoms with Crippen molar-refractivity contribution in [3.63, 3.8) is 0 Å². The fourth-order valence-electron chi connectivity index (χ4n) is 2.47. The number of nitrogens with zero attached hydrogens (tertiary/aromatic N) is 3. The van der Waals surface area contributed by atoms with E-state index in [9.17, 15) is 0 Å². The molecule has 0 bridgehead atoms. The number of imidazole rings is 1. The molecule has 0 aliphatic heterocycles. The van der Waals surface area contributed by atoms with E-state index in [1.807, 2.05) is 25.4 Å². The topological polar surface area (TPSA) is 30.7 Å². The summed E-state index contributed by atoms with van der Waals surface area (Å²) in [6.07, 6.45) is 6.28. The molecule has 0 aromatic carbocycles. The van der Waals surface area contributed by atoms with Crippen molar-refractivity contribution in [2.24, 2.45) is 5.92 Å². The molecule has 2 atom stereocenters. The van der Waals surface area contributed by atoms with Gasteiger partial charge in [-0.3, -0.25) is 4.98 Å². The summed E-state index contributed by atoms with van der Waals surface area (Å²) >= 11 is 6.25. The normalized spacial score (nSPS) is 19.5. The number of aromatic nitrogens is 3. The molecule has 1 saturated carbocycles. The van der Waals surface area contributed by atoms with E-state index in [1.165, 1.54) is 12.8 Å². The maximum Gasteiger partial charge on any atom is 0.128 e. The van der Waals surface area contributed by atoms with Gasteiger partial charge in [0, 0.05) is 12.2 Å². The second-order valence-electron chi connectivity index (χ2n) is 4.90. The predicted octanol–water partition coefficient (Wildman–Crippen LogP) is 3.70. The largest absolute Gasteiger partial charge is 0.324 e. The first kappa shape index (κ1) is 11.0. The van der Waals surface area contributed by atoms with Gasteiger partial charge in [-0.05, 0) is 38.7 Å². The zero-order valence-electron chi connectivity index (χ0n) is 10.1. The highest BCUT2D eigenvalue weighted by Gasteiger charge is 2.32. The van der Waals surface area contributed by atoms with E-state index in [-0.39, 0.29) is 5.38 Å². The molecule has 17 heavy (non-hydrogen) atoms. The maximum absolute atomic E-state index is 6.25. The van der Waals surface area contributed by atoms with Crippen LogP contribution in [0.3, 0.4) is 0 Å². The lowest BCUT2D eigenvalue weighted by molar-refractivity contribution is 0.480. The Kier molecular flexibility index (Phi) is 2.58. The molecule has 0 saturated heterocycles. The highest BCUT2D eigenvalue weighted by molar-refractivity contribution is 6.20. The standard InChI is InChI=1S/C13H16ClN3/c1-8(14)13-16-11-7-15-6-5-12(11)17(13)9(2)10-3-4-10/h5-10H,3-4H2,1-2H3. The van der Waals surface area contributed by atoms with Crippen LogP contribution in [0.25, 0.3) is 11.0 Å². The number of pyridine rings is 1. The summed E-state index contributed by atoms with van der Waals surface area (Å²) < 4.78 is 2.30. The lowest BCUT2D eigenvalue weighted by atomic mass is 10.2. The Hall–Kier alpha value is -1.09. The molecule has 90 valence electrons. The van der Waals surface area contributed by atoms with Gasteiger partial charge in [0.1, 0.15) is 11.3 Å². The van der Waals surface area contributed by atoms with E-state index < -0.39 is 0 Å². The van der Waals surface area contributed by atoms with Gasteiger partial charge in [0.2, 0.25) is 0 Å². The Balaban J connectivity index is 2.20. The van der Waals surface area contributed by atoms with Gasteiger partial charge in [-0.25, -0.2) is 4.98 Å². The summed E-state index contributed by atoms with van der Waals surface area (Å²) in [5, 5.41) is -0.0661. The number of alkyl halides is 1. The SMILES string of the molecule is CC(Cl)c1nc2cnccc2n1C(C)C1CC1. The predicted molar refractivity (Wildman–Crippen MR) is 69.2 cm³/mol. The molecule has 2 aromatic rings. The van der Waals surface area contributed by atoms with Crippen molar-refractivity contribution in [3.8, 4) is 0 Å². The van der Waals surface area contributed by atoms with Gasteiger partial charge in [-0.1, -0.05) is 0 Å². The average Bonchev–Trinajstić information content (AvgIpc) is 3.08. The Morgan fingerprint density at radius 2 is 2.18 bits per heavy atom. The van der Waals surface area contributed by atoms with Gasteiger partial charge in [0.25, 0.3) is 0 Å². The molecule has 4 heteroatoms. The second kappa shape index (κ2) is 3.98. The molecule has 2 aromatic heterocycles. The van der Waals surface area contributed by atoms with Crippen molar-refractivity contribution >= 4 is 22.6 Å². The molecule has 2 unspecified atom stereocenters. The molecular formula is C13H16ClN3. The van der Waals surface area contributed by atoms with Crippen molar-refractivity contribution in [1.29, 1.82) is 0 Å². The van der Waals surface area contributed by atoms with Crippen molar-refractivity contribution in [2.75, 3.05) is 0 Å². The molecule has 0 radical (unpaired) electrons. The molecule has 1 fully saturated rings. The zero-order chi connectivity index (χ0) is 12.0. The Bertz CT molecular complexity index is 543. The van der Waals surface area contributed by atoms with Crippen molar-refractivity contribution in [3.05, 3.63) is 24.3 Å². The van der Waals surface area contributed by atoms with Gasteiger partial charge in [-0.15, -0.1) is 11.6 Å². The minimum Gasteiger partial charge on any atom is -0.324 e. The van der Waals surface area contributed by atoms with Crippen LogP contribution in [0.2, 0.25) is 0 Å². The van der Waals surface area contributed by atoms with Gasteiger partial charge < -0.3 is 4.57 Å². The van der Waals surface area contributed by atoms with E-state index in [4.69, 9.17) is 11.6 Å². The summed E-state index contributed by atoms with van der Waals surface area (Å²) in [6.45, 7) is 4.24. The van der Waals surface area contributed by atoms with E-state index in [0.29, 0.717) is 6.04 Å². The molecule has 0 amide bonds. The first-order chi connectivity index (χ1) is 8.18. The van der Waals surface area contributed by atoms with Crippen LogP contribution in [0.4, 0.5) is 0 Å². The molecule has 1 aliphatic rings. The third-order valence-electron chi connectivity index (χ3n) is 3.59. The van der Waals surface area contributed by atoms with Crippen LogP contribution in [0.5, 0.6) is 0 Å². The molecule has 3 nitrogen and oxygen atoms in total. The number of hydrogen-bond acceptors (Lipinski definition) is 2. The van der Waals surface area contributed by atoms with Crippen LogP contribution < -0.4 is 0 Å². The van der Waals surface area contributed by atoms with Crippen LogP contribution in [0.1, 0.15) is 43.9 Å². The summed E-state index contributed by atoms with van der Waals surface area (Å²) in [4.78, 5) is 8.74. The second-order valence-corrected chi connectivity index (χ2v) is 5.55. The van der Waals surface area contributed by atoms with Crippen LogP contribution in [-0.4, -0.2) is 14.5 Å². The fourth-order valence-corrected chi connectivity index (χ4v) is 2.62. The molecule has 0 spiro atoms. The first-order valence-corrected chi connectivity index (χ1v) is 6.58.